The molecule has 3 nitrogen and oxygen atoms in total. The first-order chi connectivity index (χ1) is 8.18. The lowest BCUT2D eigenvalue weighted by Crippen LogP contribution is -2.41. The normalized spacial score (nSPS) is 20.8. The van der Waals surface area contributed by atoms with E-state index >= 15 is 0 Å². The Morgan fingerprint density at radius 3 is 2.82 bits per heavy atom. The van der Waals surface area contributed by atoms with Gasteiger partial charge in [0.1, 0.15) is 0 Å². The minimum absolute atomic E-state index is 0.117. The van der Waals surface area contributed by atoms with Crippen molar-refractivity contribution in [1.82, 2.24) is 9.88 Å². The van der Waals surface area contributed by atoms with E-state index in [-0.39, 0.29) is 12.1 Å². The second-order valence-electron chi connectivity index (χ2n) is 4.89. The Balaban J connectivity index is 2.19. The van der Waals surface area contributed by atoms with Gasteiger partial charge < -0.3 is 5.73 Å². The molecule has 0 saturated heterocycles. The zero-order valence-corrected chi connectivity index (χ0v) is 10.6. The van der Waals surface area contributed by atoms with E-state index in [2.05, 4.69) is 35.9 Å². The Morgan fingerprint density at radius 2 is 2.29 bits per heavy atom. The highest BCUT2D eigenvalue weighted by atomic mass is 15.2. The van der Waals surface area contributed by atoms with Crippen LogP contribution in [-0.4, -0.2) is 29.0 Å². The molecular weight excluding hydrogens is 210 g/mol. The first-order valence-corrected chi connectivity index (χ1v) is 6.23. The first-order valence-electron chi connectivity index (χ1n) is 6.23. The molecule has 0 aliphatic carbocycles. The third-order valence-corrected chi connectivity index (χ3v) is 3.38. The number of hydrogen-bond donors (Lipinski definition) is 1. The van der Waals surface area contributed by atoms with E-state index in [1.807, 2.05) is 18.5 Å². The molecule has 0 fully saturated rings. The van der Waals surface area contributed by atoms with E-state index < -0.39 is 0 Å². The van der Waals surface area contributed by atoms with Crippen LogP contribution in [0.15, 0.2) is 36.2 Å². The van der Waals surface area contributed by atoms with Crippen LogP contribution in [0.5, 0.6) is 0 Å². The lowest BCUT2D eigenvalue weighted by atomic mass is 9.98. The maximum absolute atomic E-state index is 6.14. The predicted octanol–water partition coefficient (Wildman–Crippen LogP) is 2.12. The van der Waals surface area contributed by atoms with Crippen LogP contribution >= 0.6 is 0 Å². The van der Waals surface area contributed by atoms with E-state index in [1.165, 1.54) is 11.1 Å². The van der Waals surface area contributed by atoms with Crippen molar-refractivity contribution >= 4 is 0 Å². The first kappa shape index (κ1) is 12.3. The molecule has 1 aliphatic rings. The van der Waals surface area contributed by atoms with Crippen molar-refractivity contribution in [1.29, 1.82) is 0 Å². The number of rotatable bonds is 3. The summed E-state index contributed by atoms with van der Waals surface area (Å²) in [5.74, 6) is 0. The molecule has 2 heterocycles. The van der Waals surface area contributed by atoms with E-state index in [0.717, 1.165) is 19.5 Å². The highest BCUT2D eigenvalue weighted by Gasteiger charge is 2.24. The molecule has 0 saturated carbocycles. The second kappa shape index (κ2) is 5.43. The molecule has 0 radical (unpaired) electrons. The van der Waals surface area contributed by atoms with Gasteiger partial charge in [-0.3, -0.25) is 9.88 Å². The smallest absolute Gasteiger partial charge is 0.0515 e. The van der Waals surface area contributed by atoms with Crippen LogP contribution in [0.2, 0.25) is 0 Å². The molecule has 2 N–H and O–H groups in total. The number of hydrogen-bond acceptors (Lipinski definition) is 3. The van der Waals surface area contributed by atoms with Gasteiger partial charge in [-0.15, -0.1) is 0 Å². The predicted molar refractivity (Wildman–Crippen MR) is 70.6 cm³/mol. The van der Waals surface area contributed by atoms with Crippen molar-refractivity contribution in [2.45, 2.75) is 32.4 Å². The topological polar surface area (TPSA) is 42.2 Å². The molecule has 92 valence electrons. The van der Waals surface area contributed by atoms with Crippen molar-refractivity contribution in [3.8, 4) is 0 Å². The van der Waals surface area contributed by atoms with Gasteiger partial charge in [0.2, 0.25) is 0 Å². The number of aromatic nitrogens is 1. The van der Waals surface area contributed by atoms with Gasteiger partial charge in [-0.05, 0) is 31.9 Å². The SMILES string of the molecule is CC1=CCN(C(c2cccnc2)C(C)N)CC1. The molecule has 3 heteroatoms. The molecule has 1 aliphatic heterocycles. The van der Waals surface area contributed by atoms with Crippen LogP contribution in [0.1, 0.15) is 31.9 Å². The number of pyridine rings is 1. The van der Waals surface area contributed by atoms with Gasteiger partial charge in [0.15, 0.2) is 0 Å². The lowest BCUT2D eigenvalue weighted by molar-refractivity contribution is 0.190. The fourth-order valence-corrected chi connectivity index (χ4v) is 2.44. The second-order valence-corrected chi connectivity index (χ2v) is 4.89. The van der Waals surface area contributed by atoms with E-state index in [9.17, 15) is 0 Å². The van der Waals surface area contributed by atoms with Crippen molar-refractivity contribution in [2.75, 3.05) is 13.1 Å². The molecule has 0 amide bonds. The average Bonchev–Trinajstić information content (AvgIpc) is 2.33. The molecule has 1 aromatic heterocycles. The Kier molecular flexibility index (Phi) is 3.92. The molecule has 0 bridgehead atoms. The van der Waals surface area contributed by atoms with E-state index in [4.69, 9.17) is 5.73 Å². The highest BCUT2D eigenvalue weighted by Crippen LogP contribution is 2.25. The van der Waals surface area contributed by atoms with Crippen molar-refractivity contribution in [3.63, 3.8) is 0 Å². The summed E-state index contributed by atoms with van der Waals surface area (Å²) in [4.78, 5) is 6.64. The highest BCUT2D eigenvalue weighted by molar-refractivity contribution is 5.18. The Bertz CT molecular complexity index is 384. The fraction of sp³-hybridized carbons (Fsp3) is 0.500. The zero-order valence-electron chi connectivity index (χ0n) is 10.6. The van der Waals surface area contributed by atoms with E-state index in [0.29, 0.717) is 0 Å². The number of nitrogens with zero attached hydrogens (tertiary/aromatic N) is 2. The maximum atomic E-state index is 6.14. The van der Waals surface area contributed by atoms with Gasteiger partial charge >= 0.3 is 0 Å². The Labute approximate surface area is 103 Å². The lowest BCUT2D eigenvalue weighted by Gasteiger charge is -2.36. The van der Waals surface area contributed by atoms with Gasteiger partial charge in [0.05, 0.1) is 6.04 Å². The minimum atomic E-state index is 0.117. The molecule has 17 heavy (non-hydrogen) atoms. The molecule has 0 spiro atoms. The summed E-state index contributed by atoms with van der Waals surface area (Å²) in [5.41, 5.74) is 8.84. The van der Waals surface area contributed by atoms with E-state index in [1.54, 1.807) is 0 Å². The van der Waals surface area contributed by atoms with Crippen LogP contribution in [0.3, 0.4) is 0 Å². The van der Waals surface area contributed by atoms with Crippen LogP contribution in [0.4, 0.5) is 0 Å². The summed E-state index contributed by atoms with van der Waals surface area (Å²) < 4.78 is 0. The van der Waals surface area contributed by atoms with Gasteiger partial charge in [-0.1, -0.05) is 17.7 Å². The summed E-state index contributed by atoms with van der Waals surface area (Å²) in [6.45, 7) is 6.35. The van der Waals surface area contributed by atoms with Gasteiger partial charge in [0.25, 0.3) is 0 Å². The largest absolute Gasteiger partial charge is 0.326 e. The van der Waals surface area contributed by atoms with Gasteiger partial charge in [-0.25, -0.2) is 0 Å². The summed E-state index contributed by atoms with van der Waals surface area (Å²) in [7, 11) is 0. The molecule has 2 unspecified atom stereocenters. The van der Waals surface area contributed by atoms with Gasteiger partial charge in [-0.2, -0.15) is 0 Å². The van der Waals surface area contributed by atoms with Crippen LogP contribution < -0.4 is 5.73 Å². The zero-order chi connectivity index (χ0) is 12.3. The third-order valence-electron chi connectivity index (χ3n) is 3.38. The van der Waals surface area contributed by atoms with Crippen LogP contribution in [0.25, 0.3) is 0 Å². The van der Waals surface area contributed by atoms with Crippen molar-refractivity contribution in [3.05, 3.63) is 41.7 Å². The fourth-order valence-electron chi connectivity index (χ4n) is 2.44. The molecule has 2 rings (SSSR count). The summed E-state index contributed by atoms with van der Waals surface area (Å²) in [6, 6.07) is 4.49. The third kappa shape index (κ3) is 2.93. The standard InChI is InChI=1S/C14H21N3/c1-11-5-8-17(9-6-11)14(12(2)15)13-4-3-7-16-10-13/h3-5,7,10,12,14H,6,8-9,15H2,1-2H3. The van der Waals surface area contributed by atoms with Gasteiger partial charge in [0, 0.05) is 31.5 Å². The average molecular weight is 231 g/mol. The summed E-state index contributed by atoms with van der Waals surface area (Å²) in [5, 5.41) is 0. The summed E-state index contributed by atoms with van der Waals surface area (Å²) >= 11 is 0. The quantitative estimate of drug-likeness (QED) is 0.810. The summed E-state index contributed by atoms with van der Waals surface area (Å²) in [6.07, 6.45) is 7.18. The Hall–Kier alpha value is -1.19. The number of nitrogens with two attached hydrogens (primary N) is 1. The molecule has 2 atom stereocenters. The molecular formula is C14H21N3. The van der Waals surface area contributed by atoms with Crippen molar-refractivity contribution < 1.29 is 0 Å². The van der Waals surface area contributed by atoms with Crippen LogP contribution in [0, 0.1) is 0 Å². The molecule has 1 aromatic rings. The maximum Gasteiger partial charge on any atom is 0.0515 e. The minimum Gasteiger partial charge on any atom is -0.326 e. The monoisotopic (exact) mass is 231 g/mol. The van der Waals surface area contributed by atoms with Crippen LogP contribution in [-0.2, 0) is 0 Å². The molecule has 0 aromatic carbocycles. The van der Waals surface area contributed by atoms with Crippen molar-refractivity contribution in [2.24, 2.45) is 5.73 Å². The Morgan fingerprint density at radius 1 is 1.47 bits per heavy atom.